The summed E-state index contributed by atoms with van der Waals surface area (Å²) in [5.41, 5.74) is 3.84. The second-order valence-electron chi connectivity index (χ2n) is 4.38. The van der Waals surface area contributed by atoms with Crippen LogP contribution in [0.25, 0.3) is 0 Å². The minimum Gasteiger partial charge on any atom is -1.00 e. The maximum atomic E-state index is 12.0. The van der Waals surface area contributed by atoms with Gasteiger partial charge in [-0.25, -0.2) is 0 Å². The molecule has 102 valence electrons. The zero-order valence-corrected chi connectivity index (χ0v) is 11.3. The van der Waals surface area contributed by atoms with Crippen LogP contribution in [0.2, 0.25) is 5.02 Å². The van der Waals surface area contributed by atoms with E-state index >= 15 is 0 Å². The molecule has 1 saturated carbocycles. The Kier molecular flexibility index (Phi) is 6.26. The van der Waals surface area contributed by atoms with Crippen molar-refractivity contribution in [1.29, 1.82) is 0 Å². The van der Waals surface area contributed by atoms with E-state index in [0.29, 0.717) is 24.3 Å². The monoisotopic (exact) mass is 293 g/mol. The number of aliphatic hydroxyl groups is 1. The first kappa shape index (κ1) is 17.4. The maximum Gasteiger partial charge on any atom is 0.197 e. The molecule has 6 heteroatoms. The Hall–Kier alpha value is -0.650. The van der Waals surface area contributed by atoms with Crippen molar-refractivity contribution < 1.29 is 33.5 Å². The van der Waals surface area contributed by atoms with Gasteiger partial charge < -0.3 is 28.7 Å². The van der Waals surface area contributed by atoms with Crippen LogP contribution in [0, 0.1) is 0 Å². The zero-order chi connectivity index (χ0) is 11.8. The number of hydrogen-bond acceptors (Lipinski definition) is 2. The van der Waals surface area contributed by atoms with Gasteiger partial charge in [-0.3, -0.25) is 4.79 Å². The number of carbonyl (C=O) groups is 1. The van der Waals surface area contributed by atoms with Crippen molar-refractivity contribution in [3.8, 4) is 0 Å². The van der Waals surface area contributed by atoms with Crippen molar-refractivity contribution >= 4 is 17.4 Å². The first-order valence-corrected chi connectivity index (χ1v) is 5.73. The van der Waals surface area contributed by atoms with E-state index in [1.807, 2.05) is 18.2 Å². The molecule has 0 aliphatic heterocycles. The molecule has 1 aromatic rings. The van der Waals surface area contributed by atoms with Gasteiger partial charge in [0.2, 0.25) is 0 Å². The highest BCUT2D eigenvalue weighted by Crippen LogP contribution is 2.34. The van der Waals surface area contributed by atoms with Crippen LogP contribution >= 0.6 is 11.6 Å². The van der Waals surface area contributed by atoms with E-state index in [0.717, 1.165) is 5.56 Å². The first-order chi connectivity index (χ1) is 7.54. The number of Topliss-reactive ketones (excluding diaryl/α,β-unsaturated/α-hetero) is 1. The number of halogens is 2. The molecule has 2 atom stereocenters. The average molecular weight is 294 g/mol. The lowest BCUT2D eigenvalue weighted by Gasteiger charge is -2.32. The van der Waals surface area contributed by atoms with E-state index < -0.39 is 11.6 Å². The minimum absolute atomic E-state index is 0. The smallest absolute Gasteiger partial charge is 0.197 e. The summed E-state index contributed by atoms with van der Waals surface area (Å²) in [5, 5.41) is 10.2. The maximum absolute atomic E-state index is 12.0. The molecule has 1 fully saturated rings. The topological polar surface area (TPSA) is 96.4 Å². The van der Waals surface area contributed by atoms with Crippen LogP contribution < -0.4 is 18.1 Å². The van der Waals surface area contributed by atoms with E-state index in [1.54, 1.807) is 6.07 Å². The largest absolute Gasteiger partial charge is 1.00 e. The highest BCUT2D eigenvalue weighted by atomic mass is 35.5. The Morgan fingerprint density at radius 1 is 1.39 bits per heavy atom. The molecule has 0 saturated heterocycles. The number of hydrogen-bond donors (Lipinski definition) is 2. The first-order valence-electron chi connectivity index (χ1n) is 5.36. The molecule has 0 amide bonds. The van der Waals surface area contributed by atoms with Crippen LogP contribution in [0.1, 0.15) is 24.8 Å². The van der Waals surface area contributed by atoms with E-state index in [2.05, 4.69) is 5.73 Å². The minimum atomic E-state index is -0.879. The van der Waals surface area contributed by atoms with Gasteiger partial charge in [-0.2, -0.15) is 0 Å². The lowest BCUT2D eigenvalue weighted by molar-refractivity contribution is -0.473. The summed E-state index contributed by atoms with van der Waals surface area (Å²) in [6, 6.07) is 7.21. The molecule has 0 heterocycles. The summed E-state index contributed by atoms with van der Waals surface area (Å²) in [4.78, 5) is 12.0. The Balaban J connectivity index is 0.00000144. The molecule has 0 aromatic heterocycles. The molecule has 0 spiro atoms. The SMILES string of the molecule is O.[Cl-].[NH3+][C@@]1(c2ccccc2Cl)C[C@@H](O)CCC1=O. The number of aliphatic hydroxyl groups excluding tert-OH is 1. The Labute approximate surface area is 117 Å². The third-order valence-corrected chi connectivity index (χ3v) is 3.54. The van der Waals surface area contributed by atoms with Gasteiger partial charge in [0.25, 0.3) is 0 Å². The fourth-order valence-corrected chi connectivity index (χ4v) is 2.58. The number of benzene rings is 1. The van der Waals surface area contributed by atoms with Gasteiger partial charge in [-0.05, 0) is 12.5 Å². The Morgan fingerprint density at radius 2 is 2.00 bits per heavy atom. The highest BCUT2D eigenvalue weighted by molar-refractivity contribution is 6.31. The van der Waals surface area contributed by atoms with Gasteiger partial charge >= 0.3 is 0 Å². The Bertz CT molecular complexity index is 428. The third-order valence-electron chi connectivity index (χ3n) is 3.21. The molecular weight excluding hydrogens is 277 g/mol. The molecule has 6 N–H and O–H groups in total. The number of quaternary nitrogens is 1. The fourth-order valence-electron chi connectivity index (χ4n) is 2.26. The van der Waals surface area contributed by atoms with E-state index in [9.17, 15) is 9.90 Å². The summed E-state index contributed by atoms with van der Waals surface area (Å²) >= 11 is 6.09. The standard InChI is InChI=1S/C12H14ClNO2.ClH.H2O/c13-10-4-2-1-3-9(10)12(14)7-8(15)5-6-11(12)16;;/h1-4,8,15H,5-7,14H2;1H;1H2/t8-,12+;;/m0../s1. The van der Waals surface area contributed by atoms with Crippen LogP contribution in [0.15, 0.2) is 24.3 Å². The van der Waals surface area contributed by atoms with Gasteiger partial charge in [0.05, 0.1) is 11.1 Å². The van der Waals surface area contributed by atoms with Crippen molar-refractivity contribution in [2.45, 2.75) is 30.9 Å². The summed E-state index contributed by atoms with van der Waals surface area (Å²) in [5.74, 6) is 0.0610. The Morgan fingerprint density at radius 3 is 2.61 bits per heavy atom. The normalized spacial score (nSPS) is 27.1. The van der Waals surface area contributed by atoms with E-state index in [1.165, 1.54) is 0 Å². The number of ketones is 1. The van der Waals surface area contributed by atoms with Crippen LogP contribution in [-0.2, 0) is 10.3 Å². The predicted octanol–water partition coefficient (Wildman–Crippen LogP) is -2.93. The summed E-state index contributed by atoms with van der Waals surface area (Å²) in [6.07, 6.45) is 0.790. The van der Waals surface area contributed by atoms with Crippen LogP contribution in [0.5, 0.6) is 0 Å². The average Bonchev–Trinajstić information content (AvgIpc) is 2.24. The van der Waals surface area contributed by atoms with E-state index in [4.69, 9.17) is 11.6 Å². The fraction of sp³-hybridized carbons (Fsp3) is 0.417. The van der Waals surface area contributed by atoms with Crippen molar-refractivity contribution in [3.05, 3.63) is 34.9 Å². The van der Waals surface area contributed by atoms with Crippen LogP contribution in [0.3, 0.4) is 0 Å². The van der Waals surface area contributed by atoms with Crippen molar-refractivity contribution in [3.63, 3.8) is 0 Å². The van der Waals surface area contributed by atoms with Gasteiger partial charge in [0.15, 0.2) is 11.3 Å². The number of carbonyl (C=O) groups excluding carboxylic acids is 1. The van der Waals surface area contributed by atoms with Crippen molar-refractivity contribution in [2.75, 3.05) is 0 Å². The third kappa shape index (κ3) is 3.02. The zero-order valence-electron chi connectivity index (χ0n) is 9.83. The molecule has 1 aliphatic rings. The quantitative estimate of drug-likeness (QED) is 0.580. The van der Waals surface area contributed by atoms with Gasteiger partial charge in [0, 0.05) is 18.4 Å². The van der Waals surface area contributed by atoms with Gasteiger partial charge in [-0.15, -0.1) is 0 Å². The molecular formula is C12H17Cl2NO3. The highest BCUT2D eigenvalue weighted by Gasteiger charge is 2.45. The number of rotatable bonds is 1. The van der Waals surface area contributed by atoms with Gasteiger partial charge in [-0.1, -0.05) is 29.8 Å². The second kappa shape index (κ2) is 6.50. The molecule has 0 unspecified atom stereocenters. The molecule has 0 radical (unpaired) electrons. The molecule has 0 bridgehead atoms. The van der Waals surface area contributed by atoms with E-state index in [-0.39, 0.29) is 23.7 Å². The molecule has 1 aromatic carbocycles. The molecule has 4 nitrogen and oxygen atoms in total. The van der Waals surface area contributed by atoms with Gasteiger partial charge in [0.1, 0.15) is 0 Å². The van der Waals surface area contributed by atoms with Crippen LogP contribution in [0.4, 0.5) is 0 Å². The summed E-state index contributed by atoms with van der Waals surface area (Å²) in [6.45, 7) is 0. The lowest BCUT2D eigenvalue weighted by Crippen LogP contribution is -3.00. The van der Waals surface area contributed by atoms with Crippen molar-refractivity contribution in [2.24, 2.45) is 0 Å². The van der Waals surface area contributed by atoms with Crippen molar-refractivity contribution in [1.82, 2.24) is 0 Å². The molecule has 2 rings (SSSR count). The summed E-state index contributed by atoms with van der Waals surface area (Å²) < 4.78 is 0. The predicted molar refractivity (Wildman–Crippen MR) is 64.5 cm³/mol. The second-order valence-corrected chi connectivity index (χ2v) is 4.79. The molecule has 18 heavy (non-hydrogen) atoms. The molecule has 1 aliphatic carbocycles. The van der Waals surface area contributed by atoms with Crippen LogP contribution in [-0.4, -0.2) is 22.5 Å². The lowest BCUT2D eigenvalue weighted by atomic mass is 9.75. The summed E-state index contributed by atoms with van der Waals surface area (Å²) in [7, 11) is 0.